The lowest BCUT2D eigenvalue weighted by Crippen LogP contribution is -2.27. The first-order valence-corrected chi connectivity index (χ1v) is 10.5. The van der Waals surface area contributed by atoms with Crippen LogP contribution in [-0.4, -0.2) is 43.5 Å². The van der Waals surface area contributed by atoms with Crippen molar-refractivity contribution < 1.29 is 19.1 Å². The quantitative estimate of drug-likeness (QED) is 0.719. The number of amides is 2. The molecule has 6 heteroatoms. The Balaban J connectivity index is 1.53. The molecule has 0 unspecified atom stereocenters. The van der Waals surface area contributed by atoms with Crippen molar-refractivity contribution in [2.45, 2.75) is 44.8 Å². The molecule has 0 heterocycles. The fraction of sp³-hybridized carbons (Fsp3) is 0.417. The number of hydrogen-bond acceptors (Lipinski definition) is 4. The van der Waals surface area contributed by atoms with Gasteiger partial charge in [-0.15, -0.1) is 0 Å². The number of carbonyl (C=O) groups is 2. The highest BCUT2D eigenvalue weighted by atomic mass is 16.5. The van der Waals surface area contributed by atoms with Crippen molar-refractivity contribution in [3.63, 3.8) is 0 Å². The summed E-state index contributed by atoms with van der Waals surface area (Å²) in [6.07, 6.45) is 6.27. The van der Waals surface area contributed by atoms with Gasteiger partial charge in [0, 0.05) is 26.2 Å². The van der Waals surface area contributed by atoms with Crippen molar-refractivity contribution in [2.24, 2.45) is 0 Å². The number of rotatable bonds is 8. The maximum atomic E-state index is 12.5. The molecule has 1 aliphatic rings. The Hall–Kier alpha value is -3.02. The molecule has 3 rings (SSSR count). The average molecular weight is 411 g/mol. The van der Waals surface area contributed by atoms with Crippen molar-refractivity contribution in [2.75, 3.05) is 20.7 Å². The molecule has 2 aromatic rings. The van der Waals surface area contributed by atoms with Gasteiger partial charge in [0.1, 0.15) is 11.5 Å². The molecule has 6 nitrogen and oxygen atoms in total. The largest absolute Gasteiger partial charge is 0.490 e. The SMILES string of the molecule is CN(C)C(=O)COc1cccc(C(=O)NCc2cccc(OC3CCCCC3)c2)c1. The second-order valence-corrected chi connectivity index (χ2v) is 7.81. The summed E-state index contributed by atoms with van der Waals surface area (Å²) in [6.45, 7) is 0.344. The number of ether oxygens (including phenoxy) is 2. The lowest BCUT2D eigenvalue weighted by atomic mass is 9.98. The van der Waals surface area contributed by atoms with Crippen LogP contribution in [0.5, 0.6) is 11.5 Å². The van der Waals surface area contributed by atoms with Crippen LogP contribution in [0.2, 0.25) is 0 Å². The van der Waals surface area contributed by atoms with Gasteiger partial charge in [-0.2, -0.15) is 0 Å². The second kappa shape index (κ2) is 10.7. The van der Waals surface area contributed by atoms with Gasteiger partial charge in [-0.25, -0.2) is 0 Å². The van der Waals surface area contributed by atoms with E-state index in [1.807, 2.05) is 24.3 Å². The molecule has 1 fully saturated rings. The Bertz CT molecular complexity index is 860. The number of likely N-dealkylation sites (N-methyl/N-ethyl adjacent to an activating group) is 1. The normalized spacial score (nSPS) is 14.1. The van der Waals surface area contributed by atoms with Crippen LogP contribution < -0.4 is 14.8 Å². The topological polar surface area (TPSA) is 67.9 Å². The third-order valence-electron chi connectivity index (χ3n) is 5.16. The highest BCUT2D eigenvalue weighted by molar-refractivity contribution is 5.94. The zero-order chi connectivity index (χ0) is 21.3. The van der Waals surface area contributed by atoms with E-state index in [-0.39, 0.29) is 18.4 Å². The molecule has 0 radical (unpaired) electrons. The zero-order valence-electron chi connectivity index (χ0n) is 17.7. The molecule has 1 N–H and O–H groups in total. The van der Waals surface area contributed by atoms with Gasteiger partial charge in [0.15, 0.2) is 6.61 Å². The summed E-state index contributed by atoms with van der Waals surface area (Å²) in [5.41, 5.74) is 1.47. The van der Waals surface area contributed by atoms with Crippen LogP contribution in [0.25, 0.3) is 0 Å². The van der Waals surface area contributed by atoms with Crippen molar-refractivity contribution in [1.29, 1.82) is 0 Å². The van der Waals surface area contributed by atoms with Crippen molar-refractivity contribution in [3.8, 4) is 11.5 Å². The van der Waals surface area contributed by atoms with E-state index < -0.39 is 0 Å². The zero-order valence-corrected chi connectivity index (χ0v) is 17.7. The first-order valence-electron chi connectivity index (χ1n) is 10.5. The van der Waals surface area contributed by atoms with E-state index in [0.717, 1.165) is 24.2 Å². The summed E-state index contributed by atoms with van der Waals surface area (Å²) >= 11 is 0. The van der Waals surface area contributed by atoms with E-state index in [1.54, 1.807) is 38.4 Å². The highest BCUT2D eigenvalue weighted by Gasteiger charge is 2.15. The third-order valence-corrected chi connectivity index (χ3v) is 5.16. The molecule has 0 spiro atoms. The lowest BCUT2D eigenvalue weighted by Gasteiger charge is -2.23. The van der Waals surface area contributed by atoms with Gasteiger partial charge in [0.2, 0.25) is 0 Å². The summed E-state index contributed by atoms with van der Waals surface area (Å²) in [4.78, 5) is 25.7. The molecule has 1 aliphatic carbocycles. The Labute approximate surface area is 178 Å². The van der Waals surface area contributed by atoms with Gasteiger partial charge in [0.25, 0.3) is 11.8 Å². The Kier molecular flexibility index (Phi) is 7.71. The van der Waals surface area contributed by atoms with Gasteiger partial charge in [-0.05, 0) is 61.6 Å². The molecular formula is C24H30N2O4. The Morgan fingerprint density at radius 1 is 1.00 bits per heavy atom. The number of benzene rings is 2. The first-order chi connectivity index (χ1) is 14.5. The van der Waals surface area contributed by atoms with Crippen LogP contribution in [0.4, 0.5) is 0 Å². The molecular weight excluding hydrogens is 380 g/mol. The van der Waals surface area contributed by atoms with E-state index in [2.05, 4.69) is 5.32 Å². The summed E-state index contributed by atoms with van der Waals surface area (Å²) < 4.78 is 11.6. The standard InChI is InChI=1S/C24H30N2O4/c1-26(2)23(27)17-29-21-12-7-9-19(15-21)24(28)25-16-18-8-6-13-22(14-18)30-20-10-4-3-5-11-20/h6-9,12-15,20H,3-5,10-11,16-17H2,1-2H3,(H,25,28). The highest BCUT2D eigenvalue weighted by Crippen LogP contribution is 2.24. The average Bonchev–Trinajstić information content (AvgIpc) is 2.77. The number of hydrogen-bond donors (Lipinski definition) is 1. The smallest absolute Gasteiger partial charge is 0.259 e. The van der Waals surface area contributed by atoms with Crippen LogP contribution in [0.1, 0.15) is 48.0 Å². The van der Waals surface area contributed by atoms with E-state index in [1.165, 1.54) is 24.2 Å². The van der Waals surface area contributed by atoms with E-state index >= 15 is 0 Å². The van der Waals surface area contributed by atoms with Gasteiger partial charge in [-0.1, -0.05) is 24.6 Å². The molecule has 2 aromatic carbocycles. The fourth-order valence-electron chi connectivity index (χ4n) is 3.39. The van der Waals surface area contributed by atoms with Crippen LogP contribution >= 0.6 is 0 Å². The van der Waals surface area contributed by atoms with Gasteiger partial charge < -0.3 is 19.7 Å². The summed E-state index contributed by atoms with van der Waals surface area (Å²) in [5.74, 6) is 1.01. The van der Waals surface area contributed by atoms with Crippen molar-refractivity contribution >= 4 is 11.8 Å². The lowest BCUT2D eigenvalue weighted by molar-refractivity contribution is -0.130. The van der Waals surface area contributed by atoms with E-state index in [9.17, 15) is 9.59 Å². The molecule has 2 amide bonds. The van der Waals surface area contributed by atoms with Crippen LogP contribution in [-0.2, 0) is 11.3 Å². The minimum atomic E-state index is -0.196. The molecule has 1 saturated carbocycles. The number of nitrogens with one attached hydrogen (secondary N) is 1. The fourth-order valence-corrected chi connectivity index (χ4v) is 3.39. The van der Waals surface area contributed by atoms with Gasteiger partial charge in [0.05, 0.1) is 6.10 Å². The number of carbonyl (C=O) groups excluding carboxylic acids is 2. The van der Waals surface area contributed by atoms with Crippen molar-refractivity contribution in [1.82, 2.24) is 10.2 Å². The van der Waals surface area contributed by atoms with Crippen LogP contribution in [0, 0.1) is 0 Å². The van der Waals surface area contributed by atoms with Crippen LogP contribution in [0.15, 0.2) is 48.5 Å². The molecule has 0 bridgehead atoms. The maximum absolute atomic E-state index is 12.5. The summed E-state index contributed by atoms with van der Waals surface area (Å²) in [5, 5.41) is 2.93. The molecule has 0 aromatic heterocycles. The predicted molar refractivity (Wildman–Crippen MR) is 116 cm³/mol. The maximum Gasteiger partial charge on any atom is 0.259 e. The molecule has 30 heavy (non-hydrogen) atoms. The minimum absolute atomic E-state index is 0.0636. The monoisotopic (exact) mass is 410 g/mol. The van der Waals surface area contributed by atoms with Gasteiger partial charge in [-0.3, -0.25) is 9.59 Å². The first kappa shape index (κ1) is 21.7. The van der Waals surface area contributed by atoms with Crippen LogP contribution in [0.3, 0.4) is 0 Å². The second-order valence-electron chi connectivity index (χ2n) is 7.81. The molecule has 0 aliphatic heterocycles. The van der Waals surface area contributed by atoms with Crippen molar-refractivity contribution in [3.05, 3.63) is 59.7 Å². The van der Waals surface area contributed by atoms with E-state index in [4.69, 9.17) is 9.47 Å². The summed E-state index contributed by atoms with van der Waals surface area (Å²) in [7, 11) is 3.34. The predicted octanol–water partition coefficient (Wildman–Crippen LogP) is 3.80. The van der Waals surface area contributed by atoms with E-state index in [0.29, 0.717) is 24.0 Å². The summed E-state index contributed by atoms with van der Waals surface area (Å²) in [6, 6.07) is 14.7. The minimum Gasteiger partial charge on any atom is -0.490 e. The number of nitrogens with zero attached hydrogens (tertiary/aromatic N) is 1. The Morgan fingerprint density at radius 3 is 2.50 bits per heavy atom. The third kappa shape index (κ3) is 6.51. The Morgan fingerprint density at radius 2 is 1.73 bits per heavy atom. The van der Waals surface area contributed by atoms with Gasteiger partial charge >= 0.3 is 0 Å². The molecule has 0 saturated heterocycles. The molecule has 0 atom stereocenters. The molecule has 160 valence electrons.